The number of anilines is 1. The maximum atomic E-state index is 11.6. The molecule has 0 bridgehead atoms. The van der Waals surface area contributed by atoms with Crippen LogP contribution in [0.3, 0.4) is 0 Å². The van der Waals surface area contributed by atoms with Crippen LogP contribution in [0.2, 0.25) is 0 Å². The largest absolute Gasteiger partial charge is 0.477 e. The van der Waals surface area contributed by atoms with Crippen molar-refractivity contribution >= 4 is 28.3 Å². The van der Waals surface area contributed by atoms with Crippen LogP contribution < -0.4 is 5.32 Å². The van der Waals surface area contributed by atoms with Crippen molar-refractivity contribution in [1.29, 1.82) is 0 Å². The standard InChI is InChI=1S/C12H18N2O3S/c1-6(2)5-8(15)13-12-14-9(7(3)4)10(18-12)11(16)17/h6-7H,5H2,1-4H3,(H,16,17)(H,13,14,15). The van der Waals surface area contributed by atoms with Gasteiger partial charge in [0.25, 0.3) is 0 Å². The van der Waals surface area contributed by atoms with E-state index in [0.29, 0.717) is 17.2 Å². The number of nitrogens with one attached hydrogen (secondary N) is 1. The SMILES string of the molecule is CC(C)CC(=O)Nc1nc(C(C)C)c(C(=O)O)s1. The van der Waals surface area contributed by atoms with Crippen LogP contribution in [0.1, 0.15) is 55.4 Å². The van der Waals surface area contributed by atoms with Crippen molar-refractivity contribution in [1.82, 2.24) is 4.98 Å². The summed E-state index contributed by atoms with van der Waals surface area (Å²) in [6.45, 7) is 7.65. The number of carbonyl (C=O) groups excluding carboxylic acids is 1. The lowest BCUT2D eigenvalue weighted by molar-refractivity contribution is -0.116. The summed E-state index contributed by atoms with van der Waals surface area (Å²) < 4.78 is 0. The number of thiazole rings is 1. The fourth-order valence-electron chi connectivity index (χ4n) is 1.47. The number of carboxylic acid groups (broad SMARTS) is 1. The van der Waals surface area contributed by atoms with Gasteiger partial charge >= 0.3 is 5.97 Å². The van der Waals surface area contributed by atoms with E-state index in [2.05, 4.69) is 10.3 Å². The molecule has 2 N–H and O–H groups in total. The van der Waals surface area contributed by atoms with E-state index in [9.17, 15) is 9.59 Å². The lowest BCUT2D eigenvalue weighted by Gasteiger charge is -2.03. The fourth-order valence-corrected chi connectivity index (χ4v) is 2.45. The third-order valence-electron chi connectivity index (χ3n) is 2.23. The minimum Gasteiger partial charge on any atom is -0.477 e. The lowest BCUT2D eigenvalue weighted by Crippen LogP contribution is -2.13. The average Bonchev–Trinajstić information content (AvgIpc) is 2.60. The van der Waals surface area contributed by atoms with Crippen LogP contribution in [0.15, 0.2) is 0 Å². The summed E-state index contributed by atoms with van der Waals surface area (Å²) in [7, 11) is 0. The molecule has 1 aromatic rings. The Morgan fingerprint density at radius 2 is 1.94 bits per heavy atom. The molecule has 0 radical (unpaired) electrons. The van der Waals surface area contributed by atoms with Gasteiger partial charge in [0.15, 0.2) is 5.13 Å². The molecule has 0 unspecified atom stereocenters. The molecule has 0 aliphatic carbocycles. The molecule has 0 fully saturated rings. The zero-order valence-corrected chi connectivity index (χ0v) is 11.8. The number of aromatic carboxylic acids is 1. The Bertz CT molecular complexity index is 452. The van der Waals surface area contributed by atoms with Crippen LogP contribution in [-0.2, 0) is 4.79 Å². The van der Waals surface area contributed by atoms with Crippen LogP contribution in [0.25, 0.3) is 0 Å². The number of nitrogens with zero attached hydrogens (tertiary/aromatic N) is 1. The number of hydrogen-bond acceptors (Lipinski definition) is 4. The van der Waals surface area contributed by atoms with Crippen LogP contribution in [-0.4, -0.2) is 22.0 Å². The highest BCUT2D eigenvalue weighted by molar-refractivity contribution is 7.17. The zero-order chi connectivity index (χ0) is 13.9. The van der Waals surface area contributed by atoms with Crippen LogP contribution in [0, 0.1) is 5.92 Å². The Labute approximate surface area is 110 Å². The van der Waals surface area contributed by atoms with E-state index >= 15 is 0 Å². The molecular weight excluding hydrogens is 252 g/mol. The minimum atomic E-state index is -0.999. The predicted molar refractivity (Wildman–Crippen MR) is 71.2 cm³/mol. The van der Waals surface area contributed by atoms with Gasteiger partial charge in [-0.15, -0.1) is 0 Å². The minimum absolute atomic E-state index is 0.0168. The topological polar surface area (TPSA) is 79.3 Å². The average molecular weight is 270 g/mol. The molecule has 0 aliphatic heterocycles. The monoisotopic (exact) mass is 270 g/mol. The second-order valence-corrected chi connectivity index (χ2v) is 5.84. The summed E-state index contributed by atoms with van der Waals surface area (Å²) in [5, 5.41) is 12.1. The van der Waals surface area contributed by atoms with E-state index in [1.54, 1.807) is 0 Å². The van der Waals surface area contributed by atoms with Crippen molar-refractivity contribution < 1.29 is 14.7 Å². The third kappa shape index (κ3) is 3.80. The first kappa shape index (κ1) is 14.6. The normalized spacial score (nSPS) is 11.0. The molecule has 6 heteroatoms. The number of carbonyl (C=O) groups is 2. The first-order valence-electron chi connectivity index (χ1n) is 5.85. The first-order chi connectivity index (χ1) is 8.31. The molecule has 0 aliphatic rings. The molecule has 1 rings (SSSR count). The number of aromatic nitrogens is 1. The summed E-state index contributed by atoms with van der Waals surface area (Å²) in [6.07, 6.45) is 0.402. The van der Waals surface area contributed by atoms with Gasteiger partial charge in [-0.05, 0) is 11.8 Å². The number of amides is 1. The summed E-state index contributed by atoms with van der Waals surface area (Å²) >= 11 is 1.01. The molecule has 1 amide bonds. The fraction of sp³-hybridized carbons (Fsp3) is 0.583. The Morgan fingerprint density at radius 1 is 1.33 bits per heavy atom. The van der Waals surface area contributed by atoms with Crippen LogP contribution in [0.5, 0.6) is 0 Å². The highest BCUT2D eigenvalue weighted by atomic mass is 32.1. The van der Waals surface area contributed by atoms with Crippen molar-refractivity contribution in [3.63, 3.8) is 0 Å². The van der Waals surface area contributed by atoms with Gasteiger partial charge in [-0.2, -0.15) is 0 Å². The molecule has 1 aromatic heterocycles. The molecule has 0 spiro atoms. The second-order valence-electron chi connectivity index (χ2n) is 4.84. The molecule has 0 aromatic carbocycles. The van der Waals surface area contributed by atoms with Crippen LogP contribution >= 0.6 is 11.3 Å². The number of hydrogen-bond donors (Lipinski definition) is 2. The Hall–Kier alpha value is -1.43. The van der Waals surface area contributed by atoms with Gasteiger partial charge in [-0.1, -0.05) is 39.0 Å². The molecule has 1 heterocycles. The summed E-state index contributed by atoms with van der Waals surface area (Å²) in [5.74, 6) is -0.858. The van der Waals surface area contributed by atoms with E-state index < -0.39 is 5.97 Å². The first-order valence-corrected chi connectivity index (χ1v) is 6.66. The van der Waals surface area contributed by atoms with Crippen LogP contribution in [0.4, 0.5) is 5.13 Å². The lowest BCUT2D eigenvalue weighted by atomic mass is 10.1. The smallest absolute Gasteiger partial charge is 0.347 e. The van der Waals surface area contributed by atoms with Gasteiger partial charge in [0.05, 0.1) is 5.69 Å². The highest BCUT2D eigenvalue weighted by Crippen LogP contribution is 2.28. The van der Waals surface area contributed by atoms with Crippen molar-refractivity contribution in [3.8, 4) is 0 Å². The van der Waals surface area contributed by atoms with Crippen molar-refractivity contribution in [3.05, 3.63) is 10.6 Å². The highest BCUT2D eigenvalue weighted by Gasteiger charge is 2.20. The van der Waals surface area contributed by atoms with Gasteiger partial charge in [0.1, 0.15) is 4.88 Å². The third-order valence-corrected chi connectivity index (χ3v) is 3.21. The van der Waals surface area contributed by atoms with Gasteiger partial charge in [0, 0.05) is 6.42 Å². The molecule has 100 valence electrons. The van der Waals surface area contributed by atoms with Crippen molar-refractivity contribution in [2.45, 2.75) is 40.0 Å². The van der Waals surface area contributed by atoms with Crippen molar-refractivity contribution in [2.75, 3.05) is 5.32 Å². The maximum absolute atomic E-state index is 11.6. The molecule has 0 saturated heterocycles. The van der Waals surface area contributed by atoms with E-state index in [0.717, 1.165) is 11.3 Å². The predicted octanol–water partition coefficient (Wildman–Crippen LogP) is 2.95. The summed E-state index contributed by atoms with van der Waals surface area (Å²) in [6, 6.07) is 0. The zero-order valence-electron chi connectivity index (χ0n) is 11.0. The van der Waals surface area contributed by atoms with E-state index in [1.807, 2.05) is 27.7 Å². The van der Waals surface area contributed by atoms with Gasteiger partial charge < -0.3 is 10.4 Å². The van der Waals surface area contributed by atoms with E-state index in [4.69, 9.17) is 5.11 Å². The summed E-state index contributed by atoms with van der Waals surface area (Å²) in [5.41, 5.74) is 0.521. The molecule has 0 saturated carbocycles. The van der Waals surface area contributed by atoms with E-state index in [1.165, 1.54) is 0 Å². The number of rotatable bonds is 5. The Balaban J connectivity index is 2.88. The van der Waals surface area contributed by atoms with Gasteiger partial charge in [-0.3, -0.25) is 4.79 Å². The Morgan fingerprint density at radius 3 is 2.33 bits per heavy atom. The second kappa shape index (κ2) is 5.95. The molecule has 18 heavy (non-hydrogen) atoms. The van der Waals surface area contributed by atoms with Gasteiger partial charge in [0.2, 0.25) is 5.91 Å². The van der Waals surface area contributed by atoms with Gasteiger partial charge in [-0.25, -0.2) is 9.78 Å². The van der Waals surface area contributed by atoms with E-state index in [-0.39, 0.29) is 22.6 Å². The van der Waals surface area contributed by atoms with Crippen molar-refractivity contribution in [2.24, 2.45) is 5.92 Å². The quantitative estimate of drug-likeness (QED) is 0.862. The maximum Gasteiger partial charge on any atom is 0.347 e. The molecule has 5 nitrogen and oxygen atoms in total. The molecular formula is C12H18N2O3S. The Kier molecular flexibility index (Phi) is 4.84. The molecule has 0 atom stereocenters. The number of carboxylic acids is 1. The summed E-state index contributed by atoms with van der Waals surface area (Å²) in [4.78, 5) is 27.0.